The third kappa shape index (κ3) is 5.76. The molecule has 2 aromatic carbocycles. The number of imidazole rings is 1. The zero-order valence-electron chi connectivity index (χ0n) is 19.6. The summed E-state index contributed by atoms with van der Waals surface area (Å²) in [5.41, 5.74) is 1.12. The summed E-state index contributed by atoms with van der Waals surface area (Å²) in [4.78, 5) is 29.8. The van der Waals surface area contributed by atoms with Crippen LogP contribution in [0.1, 0.15) is 6.92 Å². The van der Waals surface area contributed by atoms with E-state index in [1.165, 1.54) is 22.8 Å². The zero-order chi connectivity index (χ0) is 25.5. The molecule has 11 heteroatoms. The number of carbonyl (C=O) groups is 2. The van der Waals surface area contributed by atoms with Crippen molar-refractivity contribution in [3.8, 4) is 11.6 Å². The van der Waals surface area contributed by atoms with Crippen molar-refractivity contribution in [3.63, 3.8) is 0 Å². The van der Waals surface area contributed by atoms with E-state index in [-0.39, 0.29) is 22.9 Å². The largest absolute Gasteiger partial charge is 0.434 e. The number of ether oxygens (including phenoxy) is 1. The molecular weight excluding hydrogens is 465 g/mol. The van der Waals surface area contributed by atoms with Crippen LogP contribution in [0.15, 0.2) is 78.6 Å². The van der Waals surface area contributed by atoms with Crippen molar-refractivity contribution >= 4 is 34.7 Å². The Morgan fingerprint density at radius 2 is 1.78 bits per heavy atom. The van der Waals surface area contributed by atoms with E-state index in [0.717, 1.165) is 6.07 Å². The number of nitrogens with zero attached hydrogens (tertiary/aromatic N) is 3. The van der Waals surface area contributed by atoms with Crippen LogP contribution < -0.4 is 26.0 Å². The number of rotatable bonds is 9. The number of amides is 2. The first-order valence-corrected chi connectivity index (χ1v) is 11.1. The fourth-order valence-corrected chi connectivity index (χ4v) is 3.17. The Kier molecular flexibility index (Phi) is 7.39. The molecule has 0 aliphatic rings. The van der Waals surface area contributed by atoms with Crippen LogP contribution in [0.2, 0.25) is 0 Å². The molecule has 0 atom stereocenters. The summed E-state index contributed by atoms with van der Waals surface area (Å²) in [6.07, 6.45) is 2.99. The highest BCUT2D eigenvalue weighted by Crippen LogP contribution is 2.26. The molecule has 184 valence electrons. The molecule has 0 saturated carbocycles. The Morgan fingerprint density at radius 1 is 1.03 bits per heavy atom. The molecule has 2 heterocycles. The second-order valence-corrected chi connectivity index (χ2v) is 7.49. The molecule has 2 amide bonds. The van der Waals surface area contributed by atoms with Crippen molar-refractivity contribution < 1.29 is 18.7 Å². The minimum atomic E-state index is -0.720. The van der Waals surface area contributed by atoms with Crippen molar-refractivity contribution in [3.05, 3.63) is 84.5 Å². The van der Waals surface area contributed by atoms with Crippen molar-refractivity contribution in [2.45, 2.75) is 6.92 Å². The number of halogens is 1. The van der Waals surface area contributed by atoms with E-state index in [1.54, 1.807) is 49.6 Å². The van der Waals surface area contributed by atoms with Gasteiger partial charge in [-0.15, -0.1) is 5.10 Å². The SMILES string of the molecule is CCN/C=C(\C(=O)Nc1ccccc1)C(=O)Nc1ccc(Oc2ccc3nc(NC)cn3n2)c(F)c1. The second-order valence-electron chi connectivity index (χ2n) is 7.49. The van der Waals surface area contributed by atoms with E-state index >= 15 is 0 Å². The quantitative estimate of drug-likeness (QED) is 0.160. The van der Waals surface area contributed by atoms with E-state index in [2.05, 4.69) is 31.3 Å². The van der Waals surface area contributed by atoms with Gasteiger partial charge in [-0.25, -0.2) is 13.9 Å². The van der Waals surface area contributed by atoms with Crippen molar-refractivity contribution in [2.75, 3.05) is 29.5 Å². The Bertz CT molecular complexity index is 1420. The van der Waals surface area contributed by atoms with Gasteiger partial charge in [-0.1, -0.05) is 18.2 Å². The van der Waals surface area contributed by atoms with Gasteiger partial charge in [-0.2, -0.15) is 0 Å². The third-order valence-corrected chi connectivity index (χ3v) is 4.93. The summed E-state index contributed by atoms with van der Waals surface area (Å²) in [6, 6.07) is 15.9. The minimum absolute atomic E-state index is 0.0842. The van der Waals surface area contributed by atoms with Gasteiger partial charge in [-0.05, 0) is 37.3 Å². The van der Waals surface area contributed by atoms with Gasteiger partial charge in [0.15, 0.2) is 17.2 Å². The third-order valence-electron chi connectivity index (χ3n) is 4.93. The molecule has 0 unspecified atom stereocenters. The number of carbonyl (C=O) groups excluding carboxylic acids is 2. The molecule has 36 heavy (non-hydrogen) atoms. The van der Waals surface area contributed by atoms with Crippen LogP contribution in [-0.2, 0) is 9.59 Å². The Morgan fingerprint density at radius 3 is 2.47 bits per heavy atom. The Hall–Kier alpha value is -4.93. The van der Waals surface area contributed by atoms with Gasteiger partial charge >= 0.3 is 0 Å². The Balaban J connectivity index is 1.46. The number of para-hydroxylation sites is 1. The van der Waals surface area contributed by atoms with Crippen molar-refractivity contribution in [1.82, 2.24) is 19.9 Å². The molecule has 0 saturated heterocycles. The molecule has 2 aromatic heterocycles. The fraction of sp³-hybridized carbons (Fsp3) is 0.120. The summed E-state index contributed by atoms with van der Waals surface area (Å²) in [5.74, 6) is -1.33. The lowest BCUT2D eigenvalue weighted by Crippen LogP contribution is -2.27. The highest BCUT2D eigenvalue weighted by molar-refractivity contribution is 6.26. The standard InChI is InChI=1S/C25H24FN7O3/c1-3-28-14-18(24(34)29-16-7-5-4-6-8-16)25(35)30-17-9-10-20(19(26)13-17)36-23-12-11-22-31-21(27-2)15-33(22)32-23/h4-15,27-28H,3H2,1-2H3,(H,29,34)(H,30,35)/b18-14+. The normalized spacial score (nSPS) is 11.1. The predicted molar refractivity (Wildman–Crippen MR) is 134 cm³/mol. The van der Waals surface area contributed by atoms with Gasteiger partial charge in [0.05, 0.1) is 6.20 Å². The van der Waals surface area contributed by atoms with E-state index < -0.39 is 17.6 Å². The van der Waals surface area contributed by atoms with Crippen LogP contribution in [-0.4, -0.2) is 40.0 Å². The molecular formula is C25H24FN7O3. The number of nitrogens with one attached hydrogen (secondary N) is 4. The van der Waals surface area contributed by atoms with Crippen LogP contribution in [0, 0.1) is 5.82 Å². The fourth-order valence-electron chi connectivity index (χ4n) is 3.17. The van der Waals surface area contributed by atoms with Gasteiger partial charge in [0.25, 0.3) is 11.8 Å². The summed E-state index contributed by atoms with van der Waals surface area (Å²) in [5, 5.41) is 15.2. The summed E-state index contributed by atoms with van der Waals surface area (Å²) >= 11 is 0. The molecule has 10 nitrogen and oxygen atoms in total. The highest BCUT2D eigenvalue weighted by Gasteiger charge is 2.19. The number of benzene rings is 2. The lowest BCUT2D eigenvalue weighted by molar-refractivity contribution is -0.118. The van der Waals surface area contributed by atoms with Gasteiger partial charge < -0.3 is 26.0 Å². The summed E-state index contributed by atoms with van der Waals surface area (Å²) in [7, 11) is 1.74. The number of hydrogen-bond acceptors (Lipinski definition) is 7. The highest BCUT2D eigenvalue weighted by atomic mass is 19.1. The van der Waals surface area contributed by atoms with Crippen LogP contribution in [0.5, 0.6) is 11.6 Å². The molecule has 4 aromatic rings. The maximum atomic E-state index is 14.8. The van der Waals surface area contributed by atoms with Crippen molar-refractivity contribution in [1.29, 1.82) is 0 Å². The van der Waals surface area contributed by atoms with E-state index in [1.807, 2.05) is 13.0 Å². The van der Waals surface area contributed by atoms with Gasteiger partial charge in [0.2, 0.25) is 5.88 Å². The predicted octanol–water partition coefficient (Wildman–Crippen LogP) is 3.77. The summed E-state index contributed by atoms with van der Waals surface area (Å²) in [6.45, 7) is 2.33. The molecule has 4 rings (SSSR count). The van der Waals surface area contributed by atoms with E-state index in [0.29, 0.717) is 23.7 Å². The van der Waals surface area contributed by atoms with Crippen LogP contribution >= 0.6 is 0 Å². The average Bonchev–Trinajstić information content (AvgIpc) is 3.29. The first kappa shape index (κ1) is 24.2. The number of fused-ring (bicyclic) bond motifs is 1. The number of hydrogen-bond donors (Lipinski definition) is 4. The maximum Gasteiger partial charge on any atom is 0.262 e. The average molecular weight is 490 g/mol. The topological polar surface area (TPSA) is 122 Å². The summed E-state index contributed by atoms with van der Waals surface area (Å²) < 4.78 is 21.8. The van der Waals surface area contributed by atoms with Crippen LogP contribution in [0.3, 0.4) is 0 Å². The van der Waals surface area contributed by atoms with Crippen LogP contribution in [0.25, 0.3) is 5.65 Å². The van der Waals surface area contributed by atoms with Crippen LogP contribution in [0.4, 0.5) is 21.6 Å². The number of anilines is 3. The molecule has 0 radical (unpaired) electrons. The first-order chi connectivity index (χ1) is 17.5. The minimum Gasteiger partial charge on any atom is -0.434 e. The molecule has 4 N–H and O–H groups in total. The van der Waals surface area contributed by atoms with E-state index in [9.17, 15) is 14.0 Å². The lowest BCUT2D eigenvalue weighted by Gasteiger charge is -2.12. The Labute approximate surface area is 206 Å². The van der Waals surface area contributed by atoms with Crippen molar-refractivity contribution in [2.24, 2.45) is 0 Å². The zero-order valence-corrected chi connectivity index (χ0v) is 19.6. The monoisotopic (exact) mass is 489 g/mol. The first-order valence-electron chi connectivity index (χ1n) is 11.1. The van der Waals surface area contributed by atoms with E-state index in [4.69, 9.17) is 4.74 Å². The molecule has 0 spiro atoms. The lowest BCUT2D eigenvalue weighted by atomic mass is 10.2. The molecule has 0 fully saturated rings. The van der Waals surface area contributed by atoms with Gasteiger partial charge in [-0.3, -0.25) is 9.59 Å². The van der Waals surface area contributed by atoms with Gasteiger partial charge in [0.1, 0.15) is 11.4 Å². The maximum absolute atomic E-state index is 14.8. The molecule has 0 bridgehead atoms. The molecule has 0 aliphatic heterocycles. The smallest absolute Gasteiger partial charge is 0.262 e. The number of aromatic nitrogens is 3. The molecule has 0 aliphatic carbocycles. The van der Waals surface area contributed by atoms with Gasteiger partial charge in [0, 0.05) is 43.3 Å². The second kappa shape index (κ2) is 11.0.